The second-order valence-electron chi connectivity index (χ2n) is 7.68. The first-order chi connectivity index (χ1) is 16.6. The van der Waals surface area contributed by atoms with Gasteiger partial charge in [-0.1, -0.05) is 23.7 Å². The number of carbonyl (C=O) groups excluding carboxylic acids is 1. The van der Waals surface area contributed by atoms with Crippen LogP contribution in [0.4, 0.5) is 16.2 Å². The lowest BCUT2D eigenvalue weighted by Gasteiger charge is -2.29. The van der Waals surface area contributed by atoms with Gasteiger partial charge in [-0.3, -0.25) is 9.98 Å². The second-order valence-corrected chi connectivity index (χ2v) is 8.09. The van der Waals surface area contributed by atoms with E-state index in [4.69, 9.17) is 26.1 Å². The zero-order chi connectivity index (χ0) is 23.9. The fourth-order valence-corrected chi connectivity index (χ4v) is 4.03. The minimum Gasteiger partial charge on any atom is -0.495 e. The fraction of sp³-hybridized carbons (Fsp3) is 0.240. The van der Waals surface area contributed by atoms with Gasteiger partial charge in [0.25, 0.3) is 0 Å². The van der Waals surface area contributed by atoms with Gasteiger partial charge >= 0.3 is 6.03 Å². The van der Waals surface area contributed by atoms with Crippen molar-refractivity contribution in [3.63, 3.8) is 0 Å². The summed E-state index contributed by atoms with van der Waals surface area (Å²) < 4.78 is 10.5. The SMILES string of the molecule is COc1cc(OC)c(NC(=O)Nc2cccc(CN3CCCN=C3c3ccncc3)c2)cc1Cl. The summed E-state index contributed by atoms with van der Waals surface area (Å²) in [6.07, 6.45) is 4.55. The number of nitrogens with zero attached hydrogens (tertiary/aromatic N) is 3. The first-order valence-corrected chi connectivity index (χ1v) is 11.2. The molecule has 2 N–H and O–H groups in total. The van der Waals surface area contributed by atoms with Crippen LogP contribution in [-0.4, -0.2) is 49.1 Å². The Hall–Kier alpha value is -3.78. The largest absolute Gasteiger partial charge is 0.495 e. The fourth-order valence-electron chi connectivity index (χ4n) is 3.79. The highest BCUT2D eigenvalue weighted by atomic mass is 35.5. The van der Waals surface area contributed by atoms with Gasteiger partial charge in [-0.15, -0.1) is 0 Å². The van der Waals surface area contributed by atoms with Crippen LogP contribution in [-0.2, 0) is 6.54 Å². The number of benzene rings is 2. The van der Waals surface area contributed by atoms with Crippen LogP contribution >= 0.6 is 11.6 Å². The highest BCUT2D eigenvalue weighted by Gasteiger charge is 2.18. The Kier molecular flexibility index (Phi) is 7.49. The number of amides is 2. The van der Waals surface area contributed by atoms with Crippen molar-refractivity contribution in [3.8, 4) is 11.5 Å². The Bertz CT molecular complexity index is 1190. The van der Waals surface area contributed by atoms with E-state index in [1.54, 1.807) is 24.5 Å². The van der Waals surface area contributed by atoms with Crippen LogP contribution < -0.4 is 20.1 Å². The molecule has 0 bridgehead atoms. The summed E-state index contributed by atoms with van der Waals surface area (Å²) in [6, 6.07) is 14.5. The van der Waals surface area contributed by atoms with E-state index in [0.717, 1.165) is 36.5 Å². The summed E-state index contributed by atoms with van der Waals surface area (Å²) in [7, 11) is 3.03. The van der Waals surface area contributed by atoms with Gasteiger partial charge in [0.1, 0.15) is 17.3 Å². The quantitative estimate of drug-likeness (QED) is 0.495. The summed E-state index contributed by atoms with van der Waals surface area (Å²) in [5, 5.41) is 6.02. The highest BCUT2D eigenvalue weighted by molar-refractivity contribution is 6.32. The van der Waals surface area contributed by atoms with Crippen LogP contribution in [0, 0.1) is 0 Å². The van der Waals surface area contributed by atoms with Gasteiger partial charge in [0.05, 0.1) is 24.9 Å². The van der Waals surface area contributed by atoms with Crippen molar-refractivity contribution in [2.45, 2.75) is 13.0 Å². The minimum absolute atomic E-state index is 0.369. The van der Waals surface area contributed by atoms with E-state index in [-0.39, 0.29) is 0 Å². The molecule has 0 radical (unpaired) electrons. The summed E-state index contributed by atoms with van der Waals surface area (Å²) >= 11 is 6.20. The van der Waals surface area contributed by atoms with Gasteiger partial charge < -0.3 is 25.0 Å². The lowest BCUT2D eigenvalue weighted by atomic mass is 10.1. The van der Waals surface area contributed by atoms with Crippen molar-refractivity contribution in [2.75, 3.05) is 37.9 Å². The molecule has 0 fully saturated rings. The molecule has 2 aromatic carbocycles. The first kappa shape index (κ1) is 23.4. The molecule has 0 saturated heterocycles. The van der Waals surface area contributed by atoms with Gasteiger partial charge in [0.2, 0.25) is 0 Å². The average Bonchev–Trinajstić information content (AvgIpc) is 2.85. The Morgan fingerprint density at radius 2 is 1.85 bits per heavy atom. The van der Waals surface area contributed by atoms with Crippen LogP contribution in [0.5, 0.6) is 11.5 Å². The van der Waals surface area contributed by atoms with E-state index in [1.165, 1.54) is 14.2 Å². The number of ether oxygens (including phenoxy) is 2. The molecular weight excluding hydrogens is 454 g/mol. The summed E-state index contributed by atoms with van der Waals surface area (Å²) in [5.74, 6) is 1.87. The monoisotopic (exact) mass is 479 g/mol. The maximum Gasteiger partial charge on any atom is 0.323 e. The van der Waals surface area contributed by atoms with E-state index in [1.807, 2.05) is 36.4 Å². The van der Waals surface area contributed by atoms with Gasteiger partial charge in [-0.2, -0.15) is 0 Å². The maximum atomic E-state index is 12.7. The molecule has 0 atom stereocenters. The number of aromatic nitrogens is 1. The van der Waals surface area contributed by atoms with Crippen molar-refractivity contribution in [1.82, 2.24) is 9.88 Å². The Labute approximate surface area is 203 Å². The topological polar surface area (TPSA) is 88.1 Å². The van der Waals surface area contributed by atoms with Crippen molar-refractivity contribution < 1.29 is 14.3 Å². The third-order valence-electron chi connectivity index (χ3n) is 5.37. The zero-order valence-corrected chi connectivity index (χ0v) is 19.8. The van der Waals surface area contributed by atoms with Gasteiger partial charge in [-0.25, -0.2) is 4.79 Å². The highest BCUT2D eigenvalue weighted by Crippen LogP contribution is 2.36. The van der Waals surface area contributed by atoms with Crippen LogP contribution in [0.1, 0.15) is 17.5 Å². The molecule has 1 aliphatic heterocycles. The van der Waals surface area contributed by atoms with Gasteiger partial charge in [0, 0.05) is 49.3 Å². The van der Waals surface area contributed by atoms with E-state index in [9.17, 15) is 4.79 Å². The van der Waals surface area contributed by atoms with Crippen LogP contribution in [0.2, 0.25) is 5.02 Å². The number of aliphatic imine (C=N–C) groups is 1. The molecule has 1 aliphatic rings. The molecule has 4 rings (SSSR count). The van der Waals surface area contributed by atoms with Gasteiger partial charge in [0.15, 0.2) is 0 Å². The number of hydrogen-bond acceptors (Lipinski definition) is 6. The molecule has 1 aromatic heterocycles. The zero-order valence-electron chi connectivity index (χ0n) is 19.0. The molecular formula is C25H26ClN5O3. The lowest BCUT2D eigenvalue weighted by molar-refractivity contribution is 0.262. The van der Waals surface area contributed by atoms with E-state index >= 15 is 0 Å². The molecule has 176 valence electrons. The third kappa shape index (κ3) is 5.58. The lowest BCUT2D eigenvalue weighted by Crippen LogP contribution is -2.35. The first-order valence-electron chi connectivity index (χ1n) is 10.9. The van der Waals surface area contributed by atoms with Crippen LogP contribution in [0.3, 0.4) is 0 Å². The standard InChI is InChI=1S/C25H26ClN5O3/c1-33-22-15-23(34-2)21(14-20(22)26)30-25(32)29-19-6-3-5-17(13-19)16-31-12-4-9-28-24(31)18-7-10-27-11-8-18/h3,5-8,10-11,13-15H,4,9,12,16H2,1-2H3,(H2,29,30,32). The molecule has 2 amide bonds. The number of hydrogen-bond donors (Lipinski definition) is 2. The Balaban J connectivity index is 1.45. The molecule has 34 heavy (non-hydrogen) atoms. The Morgan fingerprint density at radius 1 is 1.06 bits per heavy atom. The van der Waals surface area contributed by atoms with E-state index in [2.05, 4.69) is 20.5 Å². The molecule has 3 aromatic rings. The number of halogens is 1. The van der Waals surface area contributed by atoms with Crippen LogP contribution in [0.25, 0.3) is 0 Å². The van der Waals surface area contributed by atoms with Crippen LogP contribution in [0.15, 0.2) is 65.9 Å². The molecule has 2 heterocycles. The summed E-state index contributed by atoms with van der Waals surface area (Å²) in [6.45, 7) is 2.41. The number of nitrogens with one attached hydrogen (secondary N) is 2. The van der Waals surface area contributed by atoms with Crippen molar-refractivity contribution in [3.05, 3.63) is 77.1 Å². The third-order valence-corrected chi connectivity index (χ3v) is 5.66. The number of carbonyl (C=O) groups is 1. The average molecular weight is 480 g/mol. The summed E-state index contributed by atoms with van der Waals surface area (Å²) in [4.78, 5) is 23.8. The number of pyridine rings is 1. The second kappa shape index (κ2) is 10.9. The number of amidine groups is 1. The van der Waals surface area contributed by atoms with Gasteiger partial charge in [-0.05, 0) is 42.3 Å². The van der Waals surface area contributed by atoms with E-state index in [0.29, 0.717) is 34.4 Å². The molecule has 0 saturated carbocycles. The molecule has 0 unspecified atom stereocenters. The smallest absolute Gasteiger partial charge is 0.323 e. The number of rotatable bonds is 7. The molecule has 9 heteroatoms. The normalized spacial score (nSPS) is 13.1. The minimum atomic E-state index is -0.409. The van der Waals surface area contributed by atoms with Crippen molar-refractivity contribution >= 4 is 34.8 Å². The maximum absolute atomic E-state index is 12.7. The Morgan fingerprint density at radius 3 is 2.62 bits per heavy atom. The predicted molar refractivity (Wildman–Crippen MR) is 134 cm³/mol. The number of anilines is 2. The van der Waals surface area contributed by atoms with Crippen molar-refractivity contribution in [1.29, 1.82) is 0 Å². The van der Waals surface area contributed by atoms with E-state index < -0.39 is 6.03 Å². The van der Waals surface area contributed by atoms with Crippen molar-refractivity contribution in [2.24, 2.45) is 4.99 Å². The summed E-state index contributed by atoms with van der Waals surface area (Å²) in [5.41, 5.74) is 3.23. The molecule has 0 spiro atoms. The molecule has 8 nitrogen and oxygen atoms in total. The molecule has 0 aliphatic carbocycles. The number of methoxy groups -OCH3 is 2. The predicted octanol–water partition coefficient (Wildman–Crippen LogP) is 5.05. The number of urea groups is 1.